The Balaban J connectivity index is 2.87. The van der Waals surface area contributed by atoms with Crippen LogP contribution in [0.15, 0.2) is 96.7 Å². The summed E-state index contributed by atoms with van der Waals surface area (Å²) >= 11 is 0. The fraction of sp³-hybridized carbons (Fsp3) is 0.261. The molecule has 1 aliphatic rings. The highest BCUT2D eigenvalue weighted by Crippen LogP contribution is 2.04. The standard InChI is InChI=1S/C23H29NO3/c1-19-13-11-12-16-23(27)24-18-20(2)14-9-7-5-3-4-6-8-10-15-21(25)22(26)17-19/h3-17,20-22,25-26H,18H2,1-2H3,(H,24,27)/t20-,21+,22-/m0/s1. The molecule has 0 aromatic heterocycles. The van der Waals surface area contributed by atoms with Crippen LogP contribution in [0.2, 0.25) is 0 Å². The summed E-state index contributed by atoms with van der Waals surface area (Å²) in [6.45, 7) is 4.41. The Morgan fingerprint density at radius 2 is 1.37 bits per heavy atom. The quantitative estimate of drug-likeness (QED) is 0.615. The number of carbonyl (C=O) groups is 1. The van der Waals surface area contributed by atoms with Crippen molar-refractivity contribution in [2.24, 2.45) is 5.92 Å². The molecule has 0 spiro atoms. The van der Waals surface area contributed by atoms with Crippen LogP contribution in [0.5, 0.6) is 0 Å². The van der Waals surface area contributed by atoms with Gasteiger partial charge in [-0.05, 0) is 12.8 Å². The smallest absolute Gasteiger partial charge is 0.243 e. The van der Waals surface area contributed by atoms with E-state index in [-0.39, 0.29) is 11.8 Å². The number of hydrogen-bond donors (Lipinski definition) is 3. The lowest BCUT2D eigenvalue weighted by atomic mass is 10.1. The molecule has 0 fully saturated rings. The Hall–Kier alpha value is -2.69. The summed E-state index contributed by atoms with van der Waals surface area (Å²) in [5.74, 6) is 0.0713. The highest BCUT2D eigenvalue weighted by Gasteiger charge is 2.09. The van der Waals surface area contributed by atoms with Crippen molar-refractivity contribution in [3.63, 3.8) is 0 Å². The summed E-state index contributed by atoms with van der Waals surface area (Å²) in [7, 11) is 0. The lowest BCUT2D eigenvalue weighted by Crippen LogP contribution is -2.25. The lowest BCUT2D eigenvalue weighted by Gasteiger charge is -2.10. The van der Waals surface area contributed by atoms with Gasteiger partial charge in [0.2, 0.25) is 5.91 Å². The maximum absolute atomic E-state index is 11.8. The molecule has 4 heteroatoms. The molecule has 1 amide bonds. The van der Waals surface area contributed by atoms with Crippen molar-refractivity contribution in [1.82, 2.24) is 5.32 Å². The molecule has 0 unspecified atom stereocenters. The van der Waals surface area contributed by atoms with E-state index >= 15 is 0 Å². The molecule has 1 aliphatic heterocycles. The average molecular weight is 367 g/mol. The zero-order valence-electron chi connectivity index (χ0n) is 15.9. The molecule has 144 valence electrons. The summed E-state index contributed by atoms with van der Waals surface area (Å²) in [6, 6.07) is 0. The van der Waals surface area contributed by atoms with Gasteiger partial charge in [0.25, 0.3) is 0 Å². The van der Waals surface area contributed by atoms with Gasteiger partial charge >= 0.3 is 0 Å². The predicted molar refractivity (Wildman–Crippen MR) is 112 cm³/mol. The molecule has 0 bridgehead atoms. The average Bonchev–Trinajstić information content (AvgIpc) is 2.64. The summed E-state index contributed by atoms with van der Waals surface area (Å²) in [5, 5.41) is 22.8. The van der Waals surface area contributed by atoms with Crippen molar-refractivity contribution in [3.05, 3.63) is 96.7 Å². The largest absolute Gasteiger partial charge is 0.386 e. The van der Waals surface area contributed by atoms with E-state index in [0.29, 0.717) is 6.54 Å². The van der Waals surface area contributed by atoms with Gasteiger partial charge in [0.15, 0.2) is 0 Å². The van der Waals surface area contributed by atoms with Crippen LogP contribution in [0.25, 0.3) is 0 Å². The summed E-state index contributed by atoms with van der Waals surface area (Å²) in [4.78, 5) is 11.8. The molecular weight excluding hydrogens is 338 g/mol. The minimum absolute atomic E-state index is 0.158. The van der Waals surface area contributed by atoms with Gasteiger partial charge in [-0.3, -0.25) is 4.79 Å². The maximum atomic E-state index is 11.8. The summed E-state index contributed by atoms with van der Waals surface area (Å²) in [6.07, 6.45) is 24.5. The van der Waals surface area contributed by atoms with Crippen LogP contribution in [0.3, 0.4) is 0 Å². The third-order valence-corrected chi connectivity index (χ3v) is 3.63. The first-order valence-electron chi connectivity index (χ1n) is 9.01. The fourth-order valence-electron chi connectivity index (χ4n) is 2.09. The van der Waals surface area contributed by atoms with Gasteiger partial charge in [0, 0.05) is 12.6 Å². The van der Waals surface area contributed by atoms with Crippen molar-refractivity contribution in [1.29, 1.82) is 0 Å². The number of nitrogens with one attached hydrogen (secondary N) is 1. The van der Waals surface area contributed by atoms with Gasteiger partial charge in [-0.25, -0.2) is 0 Å². The molecule has 0 aromatic rings. The first-order valence-corrected chi connectivity index (χ1v) is 9.01. The normalized spacial score (nSPS) is 25.6. The highest BCUT2D eigenvalue weighted by molar-refractivity contribution is 5.87. The molecule has 0 radical (unpaired) electrons. The Morgan fingerprint density at radius 3 is 2.04 bits per heavy atom. The third kappa shape index (κ3) is 11.5. The van der Waals surface area contributed by atoms with E-state index in [2.05, 4.69) is 5.32 Å². The van der Waals surface area contributed by atoms with Gasteiger partial charge < -0.3 is 15.5 Å². The van der Waals surface area contributed by atoms with Gasteiger partial charge in [0.05, 0.1) is 0 Å². The first-order chi connectivity index (χ1) is 13.0. The molecule has 27 heavy (non-hydrogen) atoms. The van der Waals surface area contributed by atoms with E-state index in [4.69, 9.17) is 0 Å². The fourth-order valence-corrected chi connectivity index (χ4v) is 2.09. The number of hydrogen-bond acceptors (Lipinski definition) is 3. The number of rotatable bonds is 0. The second-order valence-corrected chi connectivity index (χ2v) is 6.26. The van der Waals surface area contributed by atoms with Crippen LogP contribution in [-0.4, -0.2) is 34.9 Å². The third-order valence-electron chi connectivity index (χ3n) is 3.63. The molecule has 4 nitrogen and oxygen atoms in total. The number of aliphatic hydroxyl groups is 2. The molecule has 3 N–H and O–H groups in total. The molecular formula is C23H29NO3. The van der Waals surface area contributed by atoms with Crippen molar-refractivity contribution < 1.29 is 15.0 Å². The molecule has 0 saturated carbocycles. The van der Waals surface area contributed by atoms with Gasteiger partial charge in [-0.2, -0.15) is 0 Å². The number of aliphatic hydroxyl groups excluding tert-OH is 2. The van der Waals surface area contributed by atoms with E-state index in [0.717, 1.165) is 5.57 Å². The minimum atomic E-state index is -1.00. The zero-order valence-corrected chi connectivity index (χ0v) is 15.9. The highest BCUT2D eigenvalue weighted by atomic mass is 16.3. The van der Waals surface area contributed by atoms with Crippen molar-refractivity contribution >= 4 is 5.91 Å². The predicted octanol–water partition coefficient (Wildman–Crippen LogP) is 3.31. The molecule has 1 heterocycles. The Morgan fingerprint density at radius 1 is 0.815 bits per heavy atom. The van der Waals surface area contributed by atoms with Crippen LogP contribution < -0.4 is 5.32 Å². The van der Waals surface area contributed by atoms with E-state index < -0.39 is 12.2 Å². The lowest BCUT2D eigenvalue weighted by molar-refractivity contribution is -0.116. The van der Waals surface area contributed by atoms with Crippen LogP contribution in [-0.2, 0) is 4.79 Å². The Labute approximate surface area is 162 Å². The van der Waals surface area contributed by atoms with Crippen molar-refractivity contribution in [2.75, 3.05) is 6.54 Å². The van der Waals surface area contributed by atoms with E-state index in [1.807, 2.05) is 56.4 Å². The van der Waals surface area contributed by atoms with Crippen molar-refractivity contribution in [3.8, 4) is 0 Å². The second-order valence-electron chi connectivity index (χ2n) is 6.26. The molecule has 0 aliphatic carbocycles. The molecule has 0 aromatic carbocycles. The maximum Gasteiger partial charge on any atom is 0.243 e. The van der Waals surface area contributed by atoms with Crippen LogP contribution in [0, 0.1) is 5.92 Å². The van der Waals surface area contributed by atoms with Crippen LogP contribution in [0.4, 0.5) is 0 Å². The van der Waals surface area contributed by atoms with Crippen LogP contribution >= 0.6 is 0 Å². The SMILES string of the molecule is CC1=C[C@H](O)[C@H](O)C=CC=CC=CC=CC=C[C@H](C)CNC(=O)C=CC=C1. The summed E-state index contributed by atoms with van der Waals surface area (Å²) < 4.78 is 0. The van der Waals surface area contributed by atoms with Crippen LogP contribution in [0.1, 0.15) is 13.8 Å². The zero-order chi connectivity index (χ0) is 19.9. The van der Waals surface area contributed by atoms with E-state index in [1.54, 1.807) is 36.5 Å². The Bertz CT molecular complexity index is 690. The molecule has 1 rings (SSSR count). The second kappa shape index (κ2) is 13.5. The number of carbonyl (C=O) groups excluding carboxylic acids is 1. The van der Waals surface area contributed by atoms with Gasteiger partial charge in [-0.15, -0.1) is 0 Å². The number of allylic oxidation sites excluding steroid dienone is 12. The van der Waals surface area contributed by atoms with Crippen molar-refractivity contribution in [2.45, 2.75) is 26.1 Å². The van der Waals surface area contributed by atoms with E-state index in [9.17, 15) is 15.0 Å². The molecule has 3 atom stereocenters. The van der Waals surface area contributed by atoms with E-state index in [1.165, 1.54) is 12.2 Å². The molecule has 0 saturated heterocycles. The van der Waals surface area contributed by atoms with Gasteiger partial charge in [-0.1, -0.05) is 97.6 Å². The topological polar surface area (TPSA) is 69.6 Å². The first kappa shape index (κ1) is 22.4. The monoisotopic (exact) mass is 367 g/mol. The van der Waals surface area contributed by atoms with Gasteiger partial charge in [0.1, 0.15) is 12.2 Å². The summed E-state index contributed by atoms with van der Waals surface area (Å²) in [5.41, 5.74) is 0.783. The minimum Gasteiger partial charge on any atom is -0.386 e. The number of amides is 1. The Kier molecular flexibility index (Phi) is 11.2.